The zero-order valence-corrected chi connectivity index (χ0v) is 12.1. The first-order valence-corrected chi connectivity index (χ1v) is 8.06. The monoisotopic (exact) mass is 297 g/mol. The smallest absolute Gasteiger partial charge is 0.238 e. The molecule has 1 aliphatic carbocycles. The van der Waals surface area contributed by atoms with Crippen LogP contribution in [-0.4, -0.2) is 26.9 Å². The third-order valence-electron chi connectivity index (χ3n) is 3.20. The summed E-state index contributed by atoms with van der Waals surface area (Å²) in [6, 6.07) is 6.60. The van der Waals surface area contributed by atoms with Crippen molar-refractivity contribution in [3.63, 3.8) is 0 Å². The van der Waals surface area contributed by atoms with Gasteiger partial charge in [-0.3, -0.25) is 4.79 Å². The van der Waals surface area contributed by atoms with Crippen molar-refractivity contribution in [3.8, 4) is 0 Å². The molecule has 0 aliphatic heterocycles. The Balaban J connectivity index is 1.94. The predicted molar refractivity (Wildman–Crippen MR) is 75.4 cm³/mol. The number of primary sulfonamides is 1. The molecule has 0 spiro atoms. The fourth-order valence-corrected chi connectivity index (χ4v) is 2.40. The van der Waals surface area contributed by atoms with Crippen LogP contribution in [0, 0.1) is 0 Å². The highest BCUT2D eigenvalue weighted by Gasteiger charge is 2.23. The summed E-state index contributed by atoms with van der Waals surface area (Å²) in [7, 11) is -3.70. The molecule has 0 saturated heterocycles. The van der Waals surface area contributed by atoms with Crippen molar-refractivity contribution < 1.29 is 13.2 Å². The van der Waals surface area contributed by atoms with E-state index in [-0.39, 0.29) is 23.4 Å². The van der Waals surface area contributed by atoms with E-state index in [0.29, 0.717) is 6.04 Å². The molecule has 4 N–H and O–H groups in total. The molecule has 0 heterocycles. The molecular weight excluding hydrogens is 278 g/mol. The van der Waals surface area contributed by atoms with E-state index in [0.717, 1.165) is 18.4 Å². The molecule has 110 valence electrons. The van der Waals surface area contributed by atoms with E-state index in [4.69, 9.17) is 5.14 Å². The summed E-state index contributed by atoms with van der Waals surface area (Å²) >= 11 is 0. The number of hydrogen-bond acceptors (Lipinski definition) is 4. The number of carbonyl (C=O) groups excluding carboxylic acids is 1. The molecule has 0 bridgehead atoms. The third kappa shape index (κ3) is 4.29. The van der Waals surface area contributed by atoms with Gasteiger partial charge in [-0.05, 0) is 37.5 Å². The fraction of sp³-hybridized carbons (Fsp3) is 0.462. The summed E-state index contributed by atoms with van der Waals surface area (Å²) in [6.07, 6.45) is 2.11. The van der Waals surface area contributed by atoms with Gasteiger partial charge in [0.1, 0.15) is 0 Å². The normalized spacial score (nSPS) is 16.7. The van der Waals surface area contributed by atoms with Gasteiger partial charge in [-0.2, -0.15) is 0 Å². The molecule has 1 saturated carbocycles. The van der Waals surface area contributed by atoms with Gasteiger partial charge in [-0.15, -0.1) is 0 Å². The van der Waals surface area contributed by atoms with Crippen molar-refractivity contribution in [1.29, 1.82) is 0 Å². The van der Waals surface area contributed by atoms with Crippen LogP contribution in [0.15, 0.2) is 29.2 Å². The standard InChI is InChI=1S/C13H19N3O3S/c1-9(15-8-13(17)16-11-5-6-11)10-3-2-4-12(7-10)20(14,18)19/h2-4,7,9,11,15H,5-6,8H2,1H3,(H,16,17)(H2,14,18,19). The highest BCUT2D eigenvalue weighted by atomic mass is 32.2. The number of rotatable bonds is 6. The molecule has 1 aliphatic rings. The molecule has 1 aromatic rings. The maximum absolute atomic E-state index is 11.6. The Hall–Kier alpha value is -1.44. The van der Waals surface area contributed by atoms with Gasteiger partial charge in [0.25, 0.3) is 0 Å². The second kappa shape index (κ2) is 5.90. The second-order valence-corrected chi connectivity index (χ2v) is 6.62. The van der Waals surface area contributed by atoms with Gasteiger partial charge >= 0.3 is 0 Å². The van der Waals surface area contributed by atoms with Crippen molar-refractivity contribution in [2.75, 3.05) is 6.54 Å². The van der Waals surface area contributed by atoms with Gasteiger partial charge in [0, 0.05) is 12.1 Å². The lowest BCUT2D eigenvalue weighted by molar-refractivity contribution is -0.120. The highest BCUT2D eigenvalue weighted by molar-refractivity contribution is 7.89. The van der Waals surface area contributed by atoms with Crippen LogP contribution in [-0.2, 0) is 14.8 Å². The molecule has 1 atom stereocenters. The Morgan fingerprint density at radius 3 is 2.75 bits per heavy atom. The van der Waals surface area contributed by atoms with E-state index in [1.165, 1.54) is 12.1 Å². The molecule has 7 heteroatoms. The van der Waals surface area contributed by atoms with Crippen LogP contribution in [0.2, 0.25) is 0 Å². The minimum Gasteiger partial charge on any atom is -0.352 e. The number of sulfonamides is 1. The summed E-state index contributed by atoms with van der Waals surface area (Å²) in [6.45, 7) is 2.07. The quantitative estimate of drug-likeness (QED) is 0.701. The lowest BCUT2D eigenvalue weighted by atomic mass is 10.1. The fourth-order valence-electron chi connectivity index (χ4n) is 1.83. The summed E-state index contributed by atoms with van der Waals surface area (Å²) in [5.74, 6) is -0.0399. The molecule has 1 amide bonds. The van der Waals surface area contributed by atoms with Gasteiger partial charge in [0.2, 0.25) is 15.9 Å². The minimum atomic E-state index is -3.70. The van der Waals surface area contributed by atoms with Crippen molar-refractivity contribution in [1.82, 2.24) is 10.6 Å². The van der Waals surface area contributed by atoms with Crippen LogP contribution in [0.4, 0.5) is 0 Å². The third-order valence-corrected chi connectivity index (χ3v) is 4.11. The van der Waals surface area contributed by atoms with Crippen LogP contribution in [0.5, 0.6) is 0 Å². The van der Waals surface area contributed by atoms with Crippen LogP contribution in [0.1, 0.15) is 31.4 Å². The molecule has 2 rings (SSSR count). The zero-order chi connectivity index (χ0) is 14.8. The lowest BCUT2D eigenvalue weighted by Gasteiger charge is -2.14. The van der Waals surface area contributed by atoms with Crippen LogP contribution in [0.3, 0.4) is 0 Å². The van der Waals surface area contributed by atoms with E-state index < -0.39 is 10.0 Å². The van der Waals surface area contributed by atoms with Crippen LogP contribution < -0.4 is 15.8 Å². The SMILES string of the molecule is CC(NCC(=O)NC1CC1)c1cccc(S(N)(=O)=O)c1. The Labute approximate surface area is 118 Å². The average Bonchev–Trinajstić information content (AvgIpc) is 3.19. The van der Waals surface area contributed by atoms with Gasteiger partial charge in [0.15, 0.2) is 0 Å². The van der Waals surface area contributed by atoms with Crippen molar-refractivity contribution in [2.45, 2.75) is 36.7 Å². The van der Waals surface area contributed by atoms with E-state index in [2.05, 4.69) is 10.6 Å². The molecule has 20 heavy (non-hydrogen) atoms. The Morgan fingerprint density at radius 2 is 2.15 bits per heavy atom. The summed E-state index contributed by atoms with van der Waals surface area (Å²) in [5, 5.41) is 11.0. The number of nitrogens with two attached hydrogens (primary N) is 1. The number of benzene rings is 1. The molecule has 6 nitrogen and oxygen atoms in total. The van der Waals surface area contributed by atoms with Gasteiger partial charge in [-0.1, -0.05) is 12.1 Å². The number of hydrogen-bond donors (Lipinski definition) is 3. The van der Waals surface area contributed by atoms with E-state index in [9.17, 15) is 13.2 Å². The van der Waals surface area contributed by atoms with E-state index in [1.54, 1.807) is 12.1 Å². The average molecular weight is 297 g/mol. The molecule has 0 radical (unpaired) electrons. The Morgan fingerprint density at radius 1 is 1.45 bits per heavy atom. The summed E-state index contributed by atoms with van der Waals surface area (Å²) < 4.78 is 22.6. The van der Waals surface area contributed by atoms with Crippen LogP contribution >= 0.6 is 0 Å². The molecule has 1 fully saturated rings. The van der Waals surface area contributed by atoms with E-state index >= 15 is 0 Å². The largest absolute Gasteiger partial charge is 0.352 e. The Bertz CT molecular complexity index is 597. The first kappa shape index (κ1) is 15.0. The zero-order valence-electron chi connectivity index (χ0n) is 11.3. The van der Waals surface area contributed by atoms with Gasteiger partial charge in [-0.25, -0.2) is 13.6 Å². The minimum absolute atomic E-state index is 0.0399. The molecule has 1 unspecified atom stereocenters. The molecule has 0 aromatic heterocycles. The lowest BCUT2D eigenvalue weighted by Crippen LogP contribution is -2.36. The summed E-state index contributed by atoms with van der Waals surface area (Å²) in [4.78, 5) is 11.6. The number of carbonyl (C=O) groups is 1. The number of nitrogens with one attached hydrogen (secondary N) is 2. The maximum Gasteiger partial charge on any atom is 0.238 e. The topological polar surface area (TPSA) is 101 Å². The predicted octanol–water partition coefficient (Wildman–Crippen LogP) is 0.263. The van der Waals surface area contributed by atoms with Gasteiger partial charge < -0.3 is 10.6 Å². The van der Waals surface area contributed by atoms with Crippen molar-refractivity contribution >= 4 is 15.9 Å². The molecular formula is C13H19N3O3S. The van der Waals surface area contributed by atoms with E-state index in [1.807, 2.05) is 6.92 Å². The number of amides is 1. The first-order chi connectivity index (χ1) is 9.36. The van der Waals surface area contributed by atoms with Gasteiger partial charge in [0.05, 0.1) is 11.4 Å². The summed E-state index contributed by atoms with van der Waals surface area (Å²) in [5.41, 5.74) is 0.774. The maximum atomic E-state index is 11.6. The van der Waals surface area contributed by atoms with Crippen molar-refractivity contribution in [2.24, 2.45) is 5.14 Å². The van der Waals surface area contributed by atoms with Crippen molar-refractivity contribution in [3.05, 3.63) is 29.8 Å². The van der Waals surface area contributed by atoms with Crippen LogP contribution in [0.25, 0.3) is 0 Å². The first-order valence-electron chi connectivity index (χ1n) is 6.52. The molecule has 1 aromatic carbocycles. The second-order valence-electron chi connectivity index (χ2n) is 5.06. The highest BCUT2D eigenvalue weighted by Crippen LogP contribution is 2.18. The Kier molecular flexibility index (Phi) is 4.42.